The quantitative estimate of drug-likeness (QED) is 0.829. The highest BCUT2D eigenvalue weighted by Gasteiger charge is 2.28. The van der Waals surface area contributed by atoms with Crippen LogP contribution in [-0.2, 0) is 10.5 Å². The van der Waals surface area contributed by atoms with Crippen molar-refractivity contribution in [2.45, 2.75) is 30.4 Å². The Morgan fingerprint density at radius 1 is 1.40 bits per heavy atom. The predicted octanol–water partition coefficient (Wildman–Crippen LogP) is 2.61. The number of carbonyl (C=O) groups excluding carboxylic acids is 2. The number of hydrogen-bond donors (Lipinski definition) is 1. The summed E-state index contributed by atoms with van der Waals surface area (Å²) in [6, 6.07) is 9.40. The number of thioether (sulfide) groups is 1. The summed E-state index contributed by atoms with van der Waals surface area (Å²) in [4.78, 5) is 27.0. The molecule has 2 aromatic rings. The SMILES string of the molecule is Cc1cc(CSc2ccccc2C(=O)N2CCCC(C(N)=O)C2)on1. The number of carbonyl (C=O) groups is 2. The van der Waals surface area contributed by atoms with Crippen molar-refractivity contribution >= 4 is 23.6 Å². The van der Waals surface area contributed by atoms with Gasteiger partial charge in [-0.05, 0) is 31.9 Å². The number of amides is 2. The highest BCUT2D eigenvalue weighted by molar-refractivity contribution is 7.98. The van der Waals surface area contributed by atoms with Gasteiger partial charge in [0, 0.05) is 24.1 Å². The molecular weight excluding hydrogens is 338 g/mol. The lowest BCUT2D eigenvalue weighted by Crippen LogP contribution is -2.44. The first kappa shape index (κ1) is 17.5. The van der Waals surface area contributed by atoms with E-state index in [9.17, 15) is 9.59 Å². The average molecular weight is 359 g/mol. The van der Waals surface area contributed by atoms with Gasteiger partial charge in [0.05, 0.1) is 22.9 Å². The summed E-state index contributed by atoms with van der Waals surface area (Å²) in [6.45, 7) is 2.93. The van der Waals surface area contributed by atoms with Crippen LogP contribution in [0.25, 0.3) is 0 Å². The second kappa shape index (κ2) is 7.74. The summed E-state index contributed by atoms with van der Waals surface area (Å²) in [5, 5.41) is 3.88. The predicted molar refractivity (Wildman–Crippen MR) is 95.1 cm³/mol. The number of nitrogens with zero attached hydrogens (tertiary/aromatic N) is 2. The number of likely N-dealkylation sites (tertiary alicyclic amines) is 1. The smallest absolute Gasteiger partial charge is 0.255 e. The van der Waals surface area contributed by atoms with Crippen LogP contribution < -0.4 is 5.73 Å². The van der Waals surface area contributed by atoms with E-state index in [0.717, 1.165) is 29.2 Å². The minimum atomic E-state index is -0.333. The van der Waals surface area contributed by atoms with Crippen molar-refractivity contribution in [2.75, 3.05) is 13.1 Å². The molecule has 1 fully saturated rings. The molecule has 25 heavy (non-hydrogen) atoms. The average Bonchev–Trinajstić information content (AvgIpc) is 3.05. The molecule has 0 bridgehead atoms. The van der Waals surface area contributed by atoms with Gasteiger partial charge >= 0.3 is 0 Å². The zero-order valence-corrected chi connectivity index (χ0v) is 14.9. The maximum atomic E-state index is 12.9. The monoisotopic (exact) mass is 359 g/mol. The van der Waals surface area contributed by atoms with Crippen molar-refractivity contribution in [2.24, 2.45) is 11.7 Å². The van der Waals surface area contributed by atoms with Gasteiger partial charge in [-0.1, -0.05) is 17.3 Å². The zero-order chi connectivity index (χ0) is 17.8. The fourth-order valence-electron chi connectivity index (χ4n) is 2.97. The Kier molecular flexibility index (Phi) is 5.43. The molecule has 1 unspecified atom stereocenters. The Labute approximate surface area is 150 Å². The van der Waals surface area contributed by atoms with Crippen LogP contribution in [0.1, 0.15) is 34.7 Å². The van der Waals surface area contributed by atoms with Gasteiger partial charge in [0.2, 0.25) is 5.91 Å². The highest BCUT2D eigenvalue weighted by atomic mass is 32.2. The van der Waals surface area contributed by atoms with Crippen LogP contribution in [0.4, 0.5) is 0 Å². The van der Waals surface area contributed by atoms with E-state index in [4.69, 9.17) is 10.3 Å². The Hall–Kier alpha value is -2.28. The molecule has 132 valence electrons. The number of nitrogens with two attached hydrogens (primary N) is 1. The van der Waals surface area contributed by atoms with Crippen molar-refractivity contribution in [3.05, 3.63) is 47.3 Å². The van der Waals surface area contributed by atoms with Crippen molar-refractivity contribution < 1.29 is 14.1 Å². The van der Waals surface area contributed by atoms with Crippen LogP contribution in [0.3, 0.4) is 0 Å². The summed E-state index contributed by atoms with van der Waals surface area (Å²) in [6.07, 6.45) is 1.55. The van der Waals surface area contributed by atoms with E-state index in [-0.39, 0.29) is 17.7 Å². The van der Waals surface area contributed by atoms with E-state index in [2.05, 4.69) is 5.16 Å². The Morgan fingerprint density at radius 2 is 2.20 bits per heavy atom. The second-order valence-electron chi connectivity index (χ2n) is 6.21. The first-order valence-electron chi connectivity index (χ1n) is 8.27. The molecule has 0 saturated carbocycles. The lowest BCUT2D eigenvalue weighted by atomic mass is 9.97. The highest BCUT2D eigenvalue weighted by Crippen LogP contribution is 2.28. The fourth-order valence-corrected chi connectivity index (χ4v) is 3.89. The van der Waals surface area contributed by atoms with Crippen molar-refractivity contribution in [1.82, 2.24) is 10.1 Å². The number of benzene rings is 1. The molecule has 0 spiro atoms. The lowest BCUT2D eigenvalue weighted by Gasteiger charge is -2.31. The molecule has 0 aliphatic carbocycles. The number of aromatic nitrogens is 1. The second-order valence-corrected chi connectivity index (χ2v) is 7.23. The summed E-state index contributed by atoms with van der Waals surface area (Å²) >= 11 is 1.54. The molecule has 1 saturated heterocycles. The molecule has 1 aromatic heterocycles. The Morgan fingerprint density at radius 3 is 2.92 bits per heavy atom. The molecule has 2 amide bonds. The van der Waals surface area contributed by atoms with Crippen molar-refractivity contribution in [1.29, 1.82) is 0 Å². The van der Waals surface area contributed by atoms with Crippen LogP contribution in [0, 0.1) is 12.8 Å². The van der Waals surface area contributed by atoms with Gasteiger partial charge < -0.3 is 15.2 Å². The number of aryl methyl sites for hydroxylation is 1. The summed E-state index contributed by atoms with van der Waals surface area (Å²) < 4.78 is 5.23. The number of hydrogen-bond acceptors (Lipinski definition) is 5. The van der Waals surface area contributed by atoms with E-state index in [0.29, 0.717) is 24.4 Å². The third kappa shape index (κ3) is 4.22. The minimum absolute atomic E-state index is 0.0530. The molecule has 1 aromatic carbocycles. The zero-order valence-electron chi connectivity index (χ0n) is 14.1. The number of rotatable bonds is 5. The summed E-state index contributed by atoms with van der Waals surface area (Å²) in [7, 11) is 0. The van der Waals surface area contributed by atoms with Gasteiger partial charge in [-0.25, -0.2) is 0 Å². The lowest BCUT2D eigenvalue weighted by molar-refractivity contribution is -0.123. The molecule has 6 nitrogen and oxygen atoms in total. The molecule has 2 N–H and O–H groups in total. The van der Waals surface area contributed by atoms with Crippen molar-refractivity contribution in [3.63, 3.8) is 0 Å². The summed E-state index contributed by atoms with van der Waals surface area (Å²) in [5.41, 5.74) is 6.90. The molecule has 2 heterocycles. The van der Waals surface area contributed by atoms with Gasteiger partial charge in [0.25, 0.3) is 5.91 Å². The van der Waals surface area contributed by atoms with E-state index in [1.807, 2.05) is 37.3 Å². The van der Waals surface area contributed by atoms with Crippen LogP contribution in [0.15, 0.2) is 39.8 Å². The molecular formula is C18H21N3O3S. The normalized spacial score (nSPS) is 17.5. The molecule has 7 heteroatoms. The topological polar surface area (TPSA) is 89.4 Å². The first-order valence-corrected chi connectivity index (χ1v) is 9.26. The Balaban J connectivity index is 1.73. The van der Waals surface area contributed by atoms with E-state index < -0.39 is 0 Å². The molecule has 1 aliphatic heterocycles. The van der Waals surface area contributed by atoms with Gasteiger partial charge in [0.15, 0.2) is 0 Å². The van der Waals surface area contributed by atoms with Crippen LogP contribution >= 0.6 is 11.8 Å². The molecule has 1 aliphatic rings. The van der Waals surface area contributed by atoms with Crippen LogP contribution in [0.2, 0.25) is 0 Å². The molecule has 1 atom stereocenters. The van der Waals surface area contributed by atoms with Gasteiger partial charge in [0.1, 0.15) is 5.76 Å². The van der Waals surface area contributed by atoms with E-state index in [1.54, 1.807) is 16.7 Å². The number of primary amides is 1. The van der Waals surface area contributed by atoms with Crippen molar-refractivity contribution in [3.8, 4) is 0 Å². The molecule has 3 rings (SSSR count). The maximum absolute atomic E-state index is 12.9. The maximum Gasteiger partial charge on any atom is 0.255 e. The third-order valence-electron chi connectivity index (χ3n) is 4.28. The minimum Gasteiger partial charge on any atom is -0.369 e. The van der Waals surface area contributed by atoms with E-state index in [1.165, 1.54) is 0 Å². The van der Waals surface area contributed by atoms with Gasteiger partial charge in [-0.3, -0.25) is 9.59 Å². The summed E-state index contributed by atoms with van der Waals surface area (Å²) in [5.74, 6) is 0.740. The van der Waals surface area contributed by atoms with Gasteiger partial charge in [-0.15, -0.1) is 11.8 Å². The molecule has 0 radical (unpaired) electrons. The fraction of sp³-hybridized carbons (Fsp3) is 0.389. The van der Waals surface area contributed by atoms with E-state index >= 15 is 0 Å². The first-order chi connectivity index (χ1) is 12.0. The number of piperidine rings is 1. The van der Waals surface area contributed by atoms with Crippen LogP contribution in [-0.4, -0.2) is 35.0 Å². The third-order valence-corrected chi connectivity index (χ3v) is 5.37. The largest absolute Gasteiger partial charge is 0.369 e. The van der Waals surface area contributed by atoms with Crippen LogP contribution in [0.5, 0.6) is 0 Å². The Bertz CT molecular complexity index is 774. The van der Waals surface area contributed by atoms with Gasteiger partial charge in [-0.2, -0.15) is 0 Å². The standard InChI is InChI=1S/C18H21N3O3S/c1-12-9-14(24-20-12)11-25-16-7-3-2-6-15(16)18(23)21-8-4-5-13(10-21)17(19)22/h2-3,6-7,9,13H,4-5,8,10-11H2,1H3,(H2,19,22).